The molecule has 2 aliphatic heterocycles. The van der Waals surface area contributed by atoms with Crippen LogP contribution in [0, 0.1) is 0 Å². The standard InChI is InChI=1S/C22H28BrN5O4/c1-25(2)21(31)18(23)13-26(15-29)14-20(30)27-10-8-17(9-11-27)28-12-7-16-5-3-4-6-19(16)24-22(28)32/h3-6,13,15,17H,7-12,14H2,1-2H3,(H,24,32)/b18-13+. The lowest BCUT2D eigenvalue weighted by Crippen LogP contribution is -2.51. The van der Waals surface area contributed by atoms with Gasteiger partial charge >= 0.3 is 6.03 Å². The summed E-state index contributed by atoms with van der Waals surface area (Å²) < 4.78 is 0.189. The monoisotopic (exact) mass is 505 g/mol. The highest BCUT2D eigenvalue weighted by molar-refractivity contribution is 9.12. The van der Waals surface area contributed by atoms with Gasteiger partial charge in [-0.15, -0.1) is 0 Å². The number of benzene rings is 1. The molecule has 0 aliphatic carbocycles. The van der Waals surface area contributed by atoms with Crippen molar-refractivity contribution in [1.82, 2.24) is 19.6 Å². The number of likely N-dealkylation sites (tertiary alicyclic amines) is 1. The molecule has 172 valence electrons. The topological polar surface area (TPSA) is 93.3 Å². The Labute approximate surface area is 196 Å². The maximum Gasteiger partial charge on any atom is 0.322 e. The number of amides is 5. The lowest BCUT2D eigenvalue weighted by atomic mass is 10.0. The second-order valence-corrected chi connectivity index (χ2v) is 8.95. The summed E-state index contributed by atoms with van der Waals surface area (Å²) in [6.45, 7) is 1.51. The molecular weight excluding hydrogens is 478 g/mol. The predicted molar refractivity (Wildman–Crippen MR) is 124 cm³/mol. The molecule has 0 unspecified atom stereocenters. The highest BCUT2D eigenvalue weighted by Crippen LogP contribution is 2.24. The predicted octanol–water partition coefficient (Wildman–Crippen LogP) is 1.85. The molecule has 2 heterocycles. The third-order valence-corrected chi connectivity index (χ3v) is 6.29. The third-order valence-electron chi connectivity index (χ3n) is 5.74. The number of nitrogens with one attached hydrogen (secondary N) is 1. The summed E-state index contributed by atoms with van der Waals surface area (Å²) in [7, 11) is 3.20. The van der Waals surface area contributed by atoms with Gasteiger partial charge in [0.05, 0.1) is 4.48 Å². The number of piperidine rings is 1. The van der Waals surface area contributed by atoms with Gasteiger partial charge in [0.25, 0.3) is 5.91 Å². The van der Waals surface area contributed by atoms with Gasteiger partial charge in [0.1, 0.15) is 6.54 Å². The summed E-state index contributed by atoms with van der Waals surface area (Å²) in [5.74, 6) is -0.500. The van der Waals surface area contributed by atoms with Crippen molar-refractivity contribution >= 4 is 45.9 Å². The summed E-state index contributed by atoms with van der Waals surface area (Å²) >= 11 is 3.15. The van der Waals surface area contributed by atoms with E-state index in [0.717, 1.165) is 22.6 Å². The van der Waals surface area contributed by atoms with Gasteiger partial charge in [0.15, 0.2) is 0 Å². The summed E-state index contributed by atoms with van der Waals surface area (Å²) in [6, 6.07) is 7.77. The highest BCUT2D eigenvalue weighted by atomic mass is 79.9. The molecule has 0 aromatic heterocycles. The molecule has 0 saturated carbocycles. The Morgan fingerprint density at radius 2 is 1.88 bits per heavy atom. The van der Waals surface area contributed by atoms with Crippen molar-refractivity contribution in [3.05, 3.63) is 40.5 Å². The molecule has 1 aromatic rings. The summed E-state index contributed by atoms with van der Waals surface area (Å²) in [5, 5.41) is 2.99. The Morgan fingerprint density at radius 3 is 2.53 bits per heavy atom. The Kier molecular flexibility index (Phi) is 7.89. The van der Waals surface area contributed by atoms with Gasteiger partial charge < -0.3 is 24.9 Å². The van der Waals surface area contributed by atoms with E-state index in [9.17, 15) is 19.2 Å². The molecule has 1 fully saturated rings. The number of halogens is 1. The van der Waals surface area contributed by atoms with Crippen LogP contribution in [-0.2, 0) is 20.8 Å². The van der Waals surface area contributed by atoms with E-state index in [1.165, 1.54) is 11.1 Å². The van der Waals surface area contributed by atoms with Gasteiger partial charge in [-0.2, -0.15) is 0 Å². The molecule has 5 amide bonds. The molecule has 0 atom stereocenters. The lowest BCUT2D eigenvalue weighted by molar-refractivity contribution is -0.135. The normalized spacial score (nSPS) is 17.2. The van der Waals surface area contributed by atoms with Crippen LogP contribution in [0.15, 0.2) is 34.9 Å². The molecule has 10 heteroatoms. The average molecular weight is 506 g/mol. The molecule has 1 N–H and O–H groups in total. The fourth-order valence-corrected chi connectivity index (χ4v) is 4.57. The van der Waals surface area contributed by atoms with Crippen LogP contribution in [0.2, 0.25) is 0 Å². The van der Waals surface area contributed by atoms with E-state index < -0.39 is 0 Å². The molecule has 1 aromatic carbocycles. The number of anilines is 1. The SMILES string of the molecule is CN(C)C(=O)/C(Br)=C\N(C=O)CC(=O)N1CCC(N2CCc3ccccc3NC2=O)CC1. The van der Waals surface area contributed by atoms with E-state index in [1.807, 2.05) is 29.2 Å². The first kappa shape index (κ1) is 23.8. The maximum absolute atomic E-state index is 12.7. The van der Waals surface area contributed by atoms with Gasteiger partial charge in [-0.05, 0) is 46.8 Å². The van der Waals surface area contributed by atoms with Crippen LogP contribution >= 0.6 is 15.9 Å². The zero-order chi connectivity index (χ0) is 23.3. The van der Waals surface area contributed by atoms with Crippen LogP contribution in [0.25, 0.3) is 0 Å². The molecule has 9 nitrogen and oxygen atoms in total. The van der Waals surface area contributed by atoms with E-state index in [-0.39, 0.29) is 34.9 Å². The Morgan fingerprint density at radius 1 is 1.19 bits per heavy atom. The Bertz CT molecular complexity index is 911. The number of carbonyl (C=O) groups is 4. The molecule has 1 saturated heterocycles. The van der Waals surface area contributed by atoms with Crippen LogP contribution in [0.5, 0.6) is 0 Å². The van der Waals surface area contributed by atoms with Gasteiger partial charge in [-0.25, -0.2) is 4.79 Å². The van der Waals surface area contributed by atoms with E-state index >= 15 is 0 Å². The molecule has 0 spiro atoms. The van der Waals surface area contributed by atoms with Gasteiger partial charge in [-0.1, -0.05) is 18.2 Å². The van der Waals surface area contributed by atoms with E-state index in [1.54, 1.807) is 19.0 Å². The van der Waals surface area contributed by atoms with E-state index in [0.29, 0.717) is 38.9 Å². The highest BCUT2D eigenvalue weighted by Gasteiger charge is 2.31. The molecule has 32 heavy (non-hydrogen) atoms. The number of hydrogen-bond donors (Lipinski definition) is 1. The minimum Gasteiger partial charge on any atom is -0.344 e. The second kappa shape index (κ2) is 10.6. The van der Waals surface area contributed by atoms with Gasteiger partial charge in [-0.3, -0.25) is 14.4 Å². The third kappa shape index (κ3) is 5.67. The number of carbonyl (C=O) groups excluding carboxylic acids is 4. The zero-order valence-corrected chi connectivity index (χ0v) is 19.9. The average Bonchev–Trinajstić information content (AvgIpc) is 2.96. The minimum absolute atomic E-state index is 0.0577. The van der Waals surface area contributed by atoms with Crippen LogP contribution in [0.4, 0.5) is 10.5 Å². The number of para-hydroxylation sites is 1. The number of fused-ring (bicyclic) bond motifs is 1. The van der Waals surface area contributed by atoms with Crippen LogP contribution in [0.3, 0.4) is 0 Å². The zero-order valence-electron chi connectivity index (χ0n) is 18.3. The molecule has 0 bridgehead atoms. The first-order chi connectivity index (χ1) is 15.3. The van der Waals surface area contributed by atoms with E-state index in [2.05, 4.69) is 21.2 Å². The van der Waals surface area contributed by atoms with Crippen molar-refractivity contribution in [2.45, 2.75) is 25.3 Å². The molecule has 2 aliphatic rings. The van der Waals surface area contributed by atoms with Crippen LogP contribution < -0.4 is 5.32 Å². The first-order valence-corrected chi connectivity index (χ1v) is 11.3. The smallest absolute Gasteiger partial charge is 0.322 e. The second-order valence-electron chi connectivity index (χ2n) is 8.10. The lowest BCUT2D eigenvalue weighted by Gasteiger charge is -2.38. The quantitative estimate of drug-likeness (QED) is 0.471. The number of nitrogens with zero attached hydrogens (tertiary/aromatic N) is 4. The summed E-state index contributed by atoms with van der Waals surface area (Å²) in [6.07, 6.45) is 3.98. The largest absolute Gasteiger partial charge is 0.344 e. The fourth-order valence-electron chi connectivity index (χ4n) is 3.95. The molecule has 3 rings (SSSR count). The number of hydrogen-bond acceptors (Lipinski definition) is 4. The van der Waals surface area contributed by atoms with Gasteiger partial charge in [0, 0.05) is 51.7 Å². The number of rotatable bonds is 6. The van der Waals surface area contributed by atoms with Gasteiger partial charge in [0.2, 0.25) is 12.3 Å². The van der Waals surface area contributed by atoms with Crippen LogP contribution in [0.1, 0.15) is 18.4 Å². The van der Waals surface area contributed by atoms with Crippen LogP contribution in [-0.4, -0.2) is 90.2 Å². The van der Waals surface area contributed by atoms with Crippen molar-refractivity contribution in [1.29, 1.82) is 0 Å². The summed E-state index contributed by atoms with van der Waals surface area (Å²) in [4.78, 5) is 54.8. The number of urea groups is 1. The maximum atomic E-state index is 12.7. The van der Waals surface area contributed by atoms with Crippen molar-refractivity contribution in [2.75, 3.05) is 45.6 Å². The van der Waals surface area contributed by atoms with Crippen molar-refractivity contribution in [2.24, 2.45) is 0 Å². The first-order valence-electron chi connectivity index (χ1n) is 10.5. The van der Waals surface area contributed by atoms with Crippen molar-refractivity contribution < 1.29 is 19.2 Å². The Balaban J connectivity index is 1.54. The summed E-state index contributed by atoms with van der Waals surface area (Å²) in [5.41, 5.74) is 1.98. The van der Waals surface area contributed by atoms with E-state index in [4.69, 9.17) is 0 Å². The van der Waals surface area contributed by atoms with Crippen molar-refractivity contribution in [3.63, 3.8) is 0 Å². The van der Waals surface area contributed by atoms with Crippen molar-refractivity contribution in [3.8, 4) is 0 Å². The number of likely N-dealkylation sites (N-methyl/N-ethyl adjacent to an activating group) is 1. The fraction of sp³-hybridized carbons (Fsp3) is 0.455. The molecular formula is C22H28BrN5O4. The minimum atomic E-state index is -0.303. The Hall–Kier alpha value is -2.88. The molecule has 0 radical (unpaired) electrons.